The first kappa shape index (κ1) is 17.4. The topological polar surface area (TPSA) is 71.1 Å². The number of aromatic nitrogens is 1. The molecule has 0 spiro atoms. The van der Waals surface area contributed by atoms with Crippen LogP contribution in [0.1, 0.15) is 6.42 Å². The summed E-state index contributed by atoms with van der Waals surface area (Å²) in [5, 5.41) is 5.39. The predicted octanol–water partition coefficient (Wildman–Crippen LogP) is 3.62. The van der Waals surface area contributed by atoms with Crippen LogP contribution in [0.5, 0.6) is 0 Å². The molecule has 3 rings (SSSR count). The van der Waals surface area contributed by atoms with Gasteiger partial charge in [-0.25, -0.2) is 13.2 Å². The van der Waals surface area contributed by atoms with E-state index in [-0.39, 0.29) is 0 Å². The lowest BCUT2D eigenvalue weighted by atomic mass is 10.2. The van der Waals surface area contributed by atoms with E-state index in [4.69, 9.17) is 0 Å². The van der Waals surface area contributed by atoms with Gasteiger partial charge in [-0.1, -0.05) is 18.2 Å². The third-order valence-corrected chi connectivity index (χ3v) is 3.54. The number of benzene rings is 2. The molecule has 0 aliphatic heterocycles. The molecule has 2 amide bonds. The Hall–Kier alpha value is -3.42. The van der Waals surface area contributed by atoms with E-state index >= 15 is 0 Å². The second kappa shape index (κ2) is 7.22. The molecule has 0 fully saturated rings. The SMILES string of the molecule is O=C(CC(=O)Nc1cccc2cccnc12)Nc1ccc(F)c(F)c1F. The van der Waals surface area contributed by atoms with Gasteiger partial charge in [0.25, 0.3) is 0 Å². The van der Waals surface area contributed by atoms with Gasteiger partial charge in [-0.2, -0.15) is 0 Å². The van der Waals surface area contributed by atoms with Crippen LogP contribution < -0.4 is 10.6 Å². The zero-order valence-corrected chi connectivity index (χ0v) is 13.2. The van der Waals surface area contributed by atoms with Crippen molar-refractivity contribution in [2.24, 2.45) is 0 Å². The molecule has 3 aromatic rings. The van der Waals surface area contributed by atoms with Crippen LogP contribution in [0.4, 0.5) is 24.5 Å². The van der Waals surface area contributed by atoms with Crippen LogP contribution in [0.2, 0.25) is 0 Å². The summed E-state index contributed by atoms with van der Waals surface area (Å²) in [7, 11) is 0. The van der Waals surface area contributed by atoms with Gasteiger partial charge in [0.05, 0.1) is 16.9 Å². The van der Waals surface area contributed by atoms with E-state index < -0.39 is 41.4 Å². The van der Waals surface area contributed by atoms with Crippen molar-refractivity contribution >= 4 is 34.1 Å². The molecule has 0 radical (unpaired) electrons. The van der Waals surface area contributed by atoms with Crippen molar-refractivity contribution < 1.29 is 22.8 Å². The van der Waals surface area contributed by atoms with Gasteiger partial charge < -0.3 is 10.6 Å². The van der Waals surface area contributed by atoms with Crippen molar-refractivity contribution in [3.63, 3.8) is 0 Å². The molecular weight excluding hydrogens is 347 g/mol. The molecule has 8 heteroatoms. The molecule has 2 N–H and O–H groups in total. The number of rotatable bonds is 4. The summed E-state index contributed by atoms with van der Waals surface area (Å²) in [4.78, 5) is 28.1. The summed E-state index contributed by atoms with van der Waals surface area (Å²) >= 11 is 0. The number of hydrogen-bond acceptors (Lipinski definition) is 3. The first-order valence-corrected chi connectivity index (χ1v) is 7.52. The molecule has 0 atom stereocenters. The van der Waals surface area contributed by atoms with Gasteiger partial charge >= 0.3 is 0 Å². The van der Waals surface area contributed by atoms with Crippen LogP contribution in [0.15, 0.2) is 48.7 Å². The van der Waals surface area contributed by atoms with E-state index in [1.165, 1.54) is 0 Å². The molecule has 0 saturated heterocycles. The Bertz CT molecular complexity index is 1000. The fourth-order valence-electron chi connectivity index (χ4n) is 2.36. The highest BCUT2D eigenvalue weighted by Crippen LogP contribution is 2.21. The van der Waals surface area contributed by atoms with Crippen LogP contribution in [0.25, 0.3) is 10.9 Å². The quantitative estimate of drug-likeness (QED) is 0.552. The number of fused-ring (bicyclic) bond motifs is 1. The number of pyridine rings is 1. The molecule has 132 valence electrons. The fraction of sp³-hybridized carbons (Fsp3) is 0.0556. The maximum absolute atomic E-state index is 13.5. The van der Waals surface area contributed by atoms with Crippen LogP contribution in [0.3, 0.4) is 0 Å². The summed E-state index contributed by atoms with van der Waals surface area (Å²) in [6.07, 6.45) is 0.929. The summed E-state index contributed by atoms with van der Waals surface area (Å²) in [5.41, 5.74) is 0.420. The Kier molecular flexibility index (Phi) is 4.83. The molecule has 0 saturated carbocycles. The van der Waals surface area contributed by atoms with E-state index in [0.29, 0.717) is 17.3 Å². The van der Waals surface area contributed by atoms with E-state index in [2.05, 4.69) is 10.3 Å². The average molecular weight is 359 g/mol. The lowest BCUT2D eigenvalue weighted by Gasteiger charge is -2.09. The smallest absolute Gasteiger partial charge is 0.233 e. The van der Waals surface area contributed by atoms with Crippen LogP contribution >= 0.6 is 0 Å². The first-order chi connectivity index (χ1) is 12.5. The maximum atomic E-state index is 13.5. The Balaban J connectivity index is 1.68. The van der Waals surface area contributed by atoms with E-state index in [1.54, 1.807) is 24.4 Å². The highest BCUT2D eigenvalue weighted by molar-refractivity contribution is 6.10. The number of para-hydroxylation sites is 1. The van der Waals surface area contributed by atoms with Crippen molar-refractivity contribution in [1.82, 2.24) is 4.98 Å². The molecule has 0 bridgehead atoms. The number of nitrogens with zero attached hydrogens (tertiary/aromatic N) is 1. The molecule has 0 unspecified atom stereocenters. The zero-order valence-electron chi connectivity index (χ0n) is 13.2. The first-order valence-electron chi connectivity index (χ1n) is 7.52. The van der Waals surface area contributed by atoms with Gasteiger partial charge in [0, 0.05) is 11.6 Å². The number of hydrogen-bond donors (Lipinski definition) is 2. The standard InChI is InChI=1S/C18H12F3N3O2/c19-11-6-7-12(17(21)16(11)20)23-14(25)9-15(26)24-13-5-1-3-10-4-2-8-22-18(10)13/h1-8H,9H2,(H,23,25)(H,24,26). The van der Waals surface area contributed by atoms with E-state index in [9.17, 15) is 22.8 Å². The van der Waals surface area contributed by atoms with Gasteiger partial charge in [0.1, 0.15) is 6.42 Å². The van der Waals surface area contributed by atoms with Crippen molar-refractivity contribution in [2.75, 3.05) is 10.6 Å². The zero-order chi connectivity index (χ0) is 18.7. The Morgan fingerprint density at radius 2 is 1.54 bits per heavy atom. The second-order valence-corrected chi connectivity index (χ2v) is 5.38. The molecule has 26 heavy (non-hydrogen) atoms. The van der Waals surface area contributed by atoms with Crippen molar-refractivity contribution in [3.8, 4) is 0 Å². The monoisotopic (exact) mass is 359 g/mol. The normalized spacial score (nSPS) is 10.6. The minimum Gasteiger partial charge on any atom is -0.324 e. The second-order valence-electron chi connectivity index (χ2n) is 5.38. The summed E-state index contributed by atoms with van der Waals surface area (Å²) in [5.74, 6) is -6.14. The summed E-state index contributed by atoms with van der Waals surface area (Å²) < 4.78 is 39.6. The molecule has 1 heterocycles. The van der Waals surface area contributed by atoms with Gasteiger partial charge in [0.2, 0.25) is 11.8 Å². The Morgan fingerprint density at radius 1 is 0.846 bits per heavy atom. The van der Waals surface area contributed by atoms with E-state index in [0.717, 1.165) is 11.5 Å². The molecule has 1 aromatic heterocycles. The third-order valence-electron chi connectivity index (χ3n) is 3.54. The number of nitrogens with one attached hydrogen (secondary N) is 2. The average Bonchev–Trinajstić information content (AvgIpc) is 2.62. The summed E-state index contributed by atoms with van der Waals surface area (Å²) in [6.45, 7) is 0. The largest absolute Gasteiger partial charge is 0.324 e. The Labute approximate surface area is 145 Å². The van der Waals surface area contributed by atoms with Gasteiger partial charge in [-0.3, -0.25) is 14.6 Å². The number of carbonyl (C=O) groups is 2. The lowest BCUT2D eigenvalue weighted by molar-refractivity contribution is -0.123. The minimum atomic E-state index is -1.70. The highest BCUT2D eigenvalue weighted by Gasteiger charge is 2.17. The van der Waals surface area contributed by atoms with Crippen molar-refractivity contribution in [1.29, 1.82) is 0 Å². The van der Waals surface area contributed by atoms with Gasteiger partial charge in [-0.15, -0.1) is 0 Å². The van der Waals surface area contributed by atoms with Gasteiger partial charge in [0.15, 0.2) is 17.5 Å². The molecular formula is C18H12F3N3O2. The van der Waals surface area contributed by atoms with Crippen molar-refractivity contribution in [2.45, 2.75) is 6.42 Å². The van der Waals surface area contributed by atoms with E-state index in [1.807, 2.05) is 17.4 Å². The van der Waals surface area contributed by atoms with Crippen LogP contribution in [-0.2, 0) is 9.59 Å². The van der Waals surface area contributed by atoms with Crippen LogP contribution in [0, 0.1) is 17.5 Å². The minimum absolute atomic E-state index is 0.417. The molecule has 0 aliphatic carbocycles. The fourth-order valence-corrected chi connectivity index (χ4v) is 2.36. The van der Waals surface area contributed by atoms with Crippen molar-refractivity contribution in [3.05, 3.63) is 66.1 Å². The molecule has 2 aromatic carbocycles. The van der Waals surface area contributed by atoms with Gasteiger partial charge in [-0.05, 0) is 24.3 Å². The Morgan fingerprint density at radius 3 is 2.31 bits per heavy atom. The summed E-state index contributed by atoms with van der Waals surface area (Å²) in [6, 6.07) is 10.3. The predicted molar refractivity (Wildman–Crippen MR) is 89.9 cm³/mol. The third kappa shape index (κ3) is 3.64. The lowest BCUT2D eigenvalue weighted by Crippen LogP contribution is -2.22. The van der Waals surface area contributed by atoms with Crippen LogP contribution in [-0.4, -0.2) is 16.8 Å². The number of anilines is 2. The number of halogens is 3. The maximum Gasteiger partial charge on any atom is 0.233 e. The molecule has 5 nitrogen and oxygen atoms in total. The number of carbonyl (C=O) groups excluding carboxylic acids is 2. The highest BCUT2D eigenvalue weighted by atomic mass is 19.2. The number of amides is 2. The molecule has 0 aliphatic rings.